The molecule has 2 N–H and O–H groups in total. The molecule has 1 aromatic carbocycles. The monoisotopic (exact) mass is 339 g/mol. The first-order chi connectivity index (χ1) is 10.9. The Labute approximate surface area is 138 Å². The average molecular weight is 339 g/mol. The van der Waals surface area contributed by atoms with Crippen LogP contribution in [0.5, 0.6) is 0 Å². The van der Waals surface area contributed by atoms with Gasteiger partial charge in [0.05, 0.1) is 11.8 Å². The van der Waals surface area contributed by atoms with E-state index in [2.05, 4.69) is 17.0 Å². The molecule has 0 aliphatic carbocycles. The van der Waals surface area contributed by atoms with Gasteiger partial charge in [0, 0.05) is 25.3 Å². The van der Waals surface area contributed by atoms with Gasteiger partial charge in [0.15, 0.2) is 0 Å². The normalized spacial score (nSPS) is 19.0. The first-order valence-electron chi connectivity index (χ1n) is 8.04. The summed E-state index contributed by atoms with van der Waals surface area (Å²) in [6, 6.07) is 7.76. The molecule has 1 saturated heterocycles. The van der Waals surface area contributed by atoms with Crippen LogP contribution in [-0.4, -0.2) is 50.7 Å². The SMILES string of the molecule is CCNS(=O)(=O)C1CCN(CC(=O)Nc2cccc(CC)c2)C1. The molecule has 1 aliphatic rings. The third-order valence-corrected chi connectivity index (χ3v) is 5.95. The topological polar surface area (TPSA) is 78.5 Å². The number of hydrogen-bond donors (Lipinski definition) is 2. The van der Waals surface area contributed by atoms with Crippen molar-refractivity contribution in [2.75, 3.05) is 31.5 Å². The van der Waals surface area contributed by atoms with Crippen molar-refractivity contribution in [2.24, 2.45) is 0 Å². The molecule has 0 aromatic heterocycles. The minimum absolute atomic E-state index is 0.111. The molecule has 0 spiro atoms. The quantitative estimate of drug-likeness (QED) is 0.782. The van der Waals surface area contributed by atoms with Gasteiger partial charge in [-0.15, -0.1) is 0 Å². The highest BCUT2D eigenvalue weighted by Crippen LogP contribution is 2.16. The molecule has 6 nitrogen and oxygen atoms in total. The third-order valence-electron chi connectivity index (χ3n) is 4.00. The van der Waals surface area contributed by atoms with E-state index < -0.39 is 15.3 Å². The fraction of sp³-hybridized carbons (Fsp3) is 0.562. The number of rotatable bonds is 7. The largest absolute Gasteiger partial charge is 0.325 e. The molecule has 1 aliphatic heterocycles. The number of carbonyl (C=O) groups is 1. The Hall–Kier alpha value is -1.44. The highest BCUT2D eigenvalue weighted by Gasteiger charge is 2.33. The van der Waals surface area contributed by atoms with Gasteiger partial charge in [-0.2, -0.15) is 0 Å². The summed E-state index contributed by atoms with van der Waals surface area (Å²) in [4.78, 5) is 14.0. The molecule has 1 atom stereocenters. The molecule has 1 heterocycles. The van der Waals surface area contributed by atoms with Gasteiger partial charge in [-0.25, -0.2) is 13.1 Å². The zero-order chi connectivity index (χ0) is 16.9. The van der Waals surface area contributed by atoms with E-state index >= 15 is 0 Å². The first-order valence-corrected chi connectivity index (χ1v) is 9.59. The van der Waals surface area contributed by atoms with E-state index in [1.165, 1.54) is 5.56 Å². The van der Waals surface area contributed by atoms with Crippen molar-refractivity contribution in [1.82, 2.24) is 9.62 Å². The first kappa shape index (κ1) is 17.9. The van der Waals surface area contributed by atoms with Gasteiger partial charge in [-0.05, 0) is 30.5 Å². The van der Waals surface area contributed by atoms with Gasteiger partial charge in [0.2, 0.25) is 15.9 Å². The smallest absolute Gasteiger partial charge is 0.238 e. The summed E-state index contributed by atoms with van der Waals surface area (Å²) in [5.41, 5.74) is 1.95. The van der Waals surface area contributed by atoms with Gasteiger partial charge in [-0.3, -0.25) is 9.69 Å². The van der Waals surface area contributed by atoms with E-state index in [1.807, 2.05) is 29.2 Å². The predicted molar refractivity (Wildman–Crippen MR) is 91.9 cm³/mol. The van der Waals surface area contributed by atoms with Crippen LogP contribution in [0.2, 0.25) is 0 Å². The van der Waals surface area contributed by atoms with Crippen molar-refractivity contribution in [1.29, 1.82) is 0 Å². The number of carbonyl (C=O) groups excluding carboxylic acids is 1. The van der Waals surface area contributed by atoms with Crippen LogP contribution >= 0.6 is 0 Å². The maximum atomic E-state index is 12.1. The number of likely N-dealkylation sites (tertiary alicyclic amines) is 1. The van der Waals surface area contributed by atoms with E-state index in [0.717, 1.165) is 12.1 Å². The molecule has 1 unspecified atom stereocenters. The number of nitrogens with zero attached hydrogens (tertiary/aromatic N) is 1. The molecule has 1 amide bonds. The third kappa shape index (κ3) is 5.02. The number of aryl methyl sites for hydroxylation is 1. The minimum atomic E-state index is -3.27. The fourth-order valence-electron chi connectivity index (χ4n) is 2.79. The van der Waals surface area contributed by atoms with Crippen molar-refractivity contribution >= 4 is 21.6 Å². The molecule has 7 heteroatoms. The van der Waals surface area contributed by atoms with E-state index in [4.69, 9.17) is 0 Å². The van der Waals surface area contributed by atoms with Crippen LogP contribution in [0.3, 0.4) is 0 Å². The molecule has 1 aromatic rings. The van der Waals surface area contributed by atoms with Crippen molar-refractivity contribution in [3.8, 4) is 0 Å². The zero-order valence-corrected chi connectivity index (χ0v) is 14.5. The Kier molecular flexibility index (Phi) is 6.15. The minimum Gasteiger partial charge on any atom is -0.325 e. The van der Waals surface area contributed by atoms with Crippen molar-refractivity contribution in [2.45, 2.75) is 31.9 Å². The van der Waals surface area contributed by atoms with Crippen LogP contribution in [0.1, 0.15) is 25.8 Å². The Morgan fingerprint density at radius 1 is 1.35 bits per heavy atom. The molecule has 23 heavy (non-hydrogen) atoms. The van der Waals surface area contributed by atoms with Crippen molar-refractivity contribution in [3.63, 3.8) is 0 Å². The fourth-order valence-corrected chi connectivity index (χ4v) is 4.25. The second kappa shape index (κ2) is 7.90. The maximum absolute atomic E-state index is 12.1. The number of hydrogen-bond acceptors (Lipinski definition) is 4. The molecule has 0 bridgehead atoms. The molecular formula is C16H25N3O3S. The average Bonchev–Trinajstić information content (AvgIpc) is 2.96. The van der Waals surface area contributed by atoms with Crippen LogP contribution in [0.4, 0.5) is 5.69 Å². The summed E-state index contributed by atoms with van der Waals surface area (Å²) >= 11 is 0. The molecule has 128 valence electrons. The van der Waals surface area contributed by atoms with Crippen LogP contribution in [0.15, 0.2) is 24.3 Å². The van der Waals surface area contributed by atoms with Crippen molar-refractivity contribution in [3.05, 3.63) is 29.8 Å². The summed E-state index contributed by atoms with van der Waals surface area (Å²) < 4.78 is 26.5. The summed E-state index contributed by atoms with van der Waals surface area (Å²) in [6.45, 7) is 5.47. The Balaban J connectivity index is 1.87. The van der Waals surface area contributed by atoms with Crippen LogP contribution < -0.4 is 10.0 Å². The van der Waals surface area contributed by atoms with E-state index in [-0.39, 0.29) is 12.5 Å². The molecule has 0 radical (unpaired) electrons. The zero-order valence-electron chi connectivity index (χ0n) is 13.7. The van der Waals surface area contributed by atoms with Crippen LogP contribution in [-0.2, 0) is 21.2 Å². The Morgan fingerprint density at radius 3 is 2.83 bits per heavy atom. The van der Waals surface area contributed by atoms with E-state index in [1.54, 1.807) is 6.92 Å². The maximum Gasteiger partial charge on any atom is 0.238 e. The Bertz CT molecular complexity index is 646. The number of amides is 1. The van der Waals surface area contributed by atoms with E-state index in [9.17, 15) is 13.2 Å². The second-order valence-electron chi connectivity index (χ2n) is 5.79. The Morgan fingerprint density at radius 2 is 2.13 bits per heavy atom. The summed E-state index contributed by atoms with van der Waals surface area (Å²) in [7, 11) is -3.27. The van der Waals surface area contributed by atoms with Crippen LogP contribution in [0, 0.1) is 0 Å². The lowest BCUT2D eigenvalue weighted by atomic mass is 10.1. The lowest BCUT2D eigenvalue weighted by Gasteiger charge is -2.16. The molecule has 2 rings (SSSR count). The lowest BCUT2D eigenvalue weighted by Crippen LogP contribution is -2.38. The second-order valence-corrected chi connectivity index (χ2v) is 7.84. The standard InChI is InChI=1S/C16H25N3O3S/c1-3-13-6-5-7-14(10-13)18-16(20)12-19-9-8-15(11-19)23(21,22)17-4-2/h5-7,10,15,17H,3-4,8-9,11-12H2,1-2H3,(H,18,20). The van der Waals surface area contributed by atoms with Crippen LogP contribution in [0.25, 0.3) is 0 Å². The molecule has 0 saturated carbocycles. The molecular weight excluding hydrogens is 314 g/mol. The highest BCUT2D eigenvalue weighted by molar-refractivity contribution is 7.90. The molecule has 1 fully saturated rings. The number of nitrogens with one attached hydrogen (secondary N) is 2. The van der Waals surface area contributed by atoms with Gasteiger partial charge >= 0.3 is 0 Å². The van der Waals surface area contributed by atoms with Crippen molar-refractivity contribution < 1.29 is 13.2 Å². The lowest BCUT2D eigenvalue weighted by molar-refractivity contribution is -0.117. The van der Waals surface area contributed by atoms with E-state index in [0.29, 0.717) is 26.1 Å². The number of anilines is 1. The number of benzene rings is 1. The number of sulfonamides is 1. The van der Waals surface area contributed by atoms with Gasteiger partial charge < -0.3 is 5.32 Å². The van der Waals surface area contributed by atoms with Gasteiger partial charge in [-0.1, -0.05) is 26.0 Å². The summed E-state index contributed by atoms with van der Waals surface area (Å²) in [6.07, 6.45) is 1.48. The van der Waals surface area contributed by atoms with Gasteiger partial charge in [0.25, 0.3) is 0 Å². The summed E-state index contributed by atoms with van der Waals surface area (Å²) in [5.74, 6) is -0.111. The summed E-state index contributed by atoms with van der Waals surface area (Å²) in [5, 5.41) is 2.44. The van der Waals surface area contributed by atoms with Gasteiger partial charge in [0.1, 0.15) is 0 Å². The highest BCUT2D eigenvalue weighted by atomic mass is 32.2. The predicted octanol–water partition coefficient (Wildman–Crippen LogP) is 1.20.